The summed E-state index contributed by atoms with van der Waals surface area (Å²) in [6.07, 6.45) is -3.15. The Bertz CT molecular complexity index is 573. The second-order valence-corrected chi connectivity index (χ2v) is 3.84. The van der Waals surface area contributed by atoms with Gasteiger partial charge in [0.15, 0.2) is 0 Å². The van der Waals surface area contributed by atoms with Gasteiger partial charge in [0.25, 0.3) is 12.3 Å². The maximum absolute atomic E-state index is 9.89. The predicted octanol–water partition coefficient (Wildman–Crippen LogP) is -0.399. The van der Waals surface area contributed by atoms with Crippen LogP contribution >= 0.6 is 0 Å². The molecular formula is C14H12N2O6Sn. The average Bonchev–Trinajstić information content (AvgIpc) is 2.44. The molecule has 0 aliphatic heterocycles. The van der Waals surface area contributed by atoms with E-state index < -0.39 is 12.3 Å². The van der Waals surface area contributed by atoms with Crippen molar-refractivity contribution in [1.82, 2.24) is 0 Å². The number of hydrogen-bond donors (Lipinski definition) is 2. The fourth-order valence-corrected chi connectivity index (χ4v) is 1.26. The van der Waals surface area contributed by atoms with Gasteiger partial charge in [0.05, 0.1) is 11.5 Å². The summed E-state index contributed by atoms with van der Waals surface area (Å²) < 4.78 is 8.44. The summed E-state index contributed by atoms with van der Waals surface area (Å²) in [5, 5.41) is 19.8. The van der Waals surface area contributed by atoms with Gasteiger partial charge in [0.2, 0.25) is 0 Å². The van der Waals surface area contributed by atoms with Gasteiger partial charge in [-0.25, -0.2) is 0 Å². The molecular weight excluding hydrogens is 411 g/mol. The van der Waals surface area contributed by atoms with Crippen LogP contribution in [0.4, 0.5) is 21.0 Å². The first-order chi connectivity index (χ1) is 10.4. The summed E-state index contributed by atoms with van der Waals surface area (Å²) in [5.41, 5.74) is 11.8. The van der Waals surface area contributed by atoms with Crippen LogP contribution in [0.3, 0.4) is 0 Å². The number of benzene rings is 2. The van der Waals surface area contributed by atoms with E-state index in [9.17, 15) is 19.8 Å². The minimum Gasteiger partial charge on any atom is -0.514 e. The Kier molecular flexibility index (Phi) is 9.00. The first kappa shape index (κ1) is 20.4. The van der Waals surface area contributed by atoms with Gasteiger partial charge < -0.3 is 40.7 Å². The van der Waals surface area contributed by atoms with Gasteiger partial charge in [-0.2, -0.15) is 0 Å². The SMILES string of the molecule is Nc1ccc(OC(=O)[O-])cc1.Nc1ccc(OC(=O)[O-])cc1.[Sn+2]. The van der Waals surface area contributed by atoms with Crippen LogP contribution < -0.4 is 31.2 Å². The van der Waals surface area contributed by atoms with Crippen molar-refractivity contribution in [3.05, 3.63) is 48.5 Å². The van der Waals surface area contributed by atoms with Gasteiger partial charge >= 0.3 is 23.9 Å². The largest absolute Gasteiger partial charge is 2.00 e. The van der Waals surface area contributed by atoms with Crippen LogP contribution in [0, 0.1) is 0 Å². The first-order valence-corrected chi connectivity index (χ1v) is 5.85. The molecule has 0 unspecified atom stereocenters. The number of nitrogen functional groups attached to an aromatic ring is 2. The molecule has 0 bridgehead atoms. The molecule has 8 nitrogen and oxygen atoms in total. The second-order valence-electron chi connectivity index (χ2n) is 3.84. The third-order valence-corrected chi connectivity index (χ3v) is 2.16. The van der Waals surface area contributed by atoms with Gasteiger partial charge in [-0.15, -0.1) is 0 Å². The van der Waals surface area contributed by atoms with Crippen molar-refractivity contribution in [2.24, 2.45) is 0 Å². The van der Waals surface area contributed by atoms with E-state index in [0.717, 1.165) is 0 Å². The molecule has 118 valence electrons. The standard InChI is InChI=1S/2C7H7NO3.Sn/c2*8-5-1-3-6(4-2-5)11-7(9)10;/h2*1-4H,8H2,(H,9,10);/q;;+2/p-2. The molecule has 4 N–H and O–H groups in total. The molecule has 2 aromatic carbocycles. The fraction of sp³-hybridized carbons (Fsp3) is 0. The van der Waals surface area contributed by atoms with Crippen LogP contribution in [0.5, 0.6) is 11.5 Å². The predicted molar refractivity (Wildman–Crippen MR) is 79.5 cm³/mol. The second kappa shape index (κ2) is 10.2. The zero-order chi connectivity index (χ0) is 16.5. The normalized spacial score (nSPS) is 8.70. The molecule has 0 aromatic heterocycles. The Hall–Kier alpha value is -2.62. The minimum absolute atomic E-state index is 0. The van der Waals surface area contributed by atoms with Crippen LogP contribution in [-0.4, -0.2) is 36.2 Å². The number of rotatable bonds is 2. The minimum atomic E-state index is -1.57. The molecule has 2 radical (unpaired) electrons. The molecule has 0 heterocycles. The van der Waals surface area contributed by atoms with Gasteiger partial charge in [0.1, 0.15) is 0 Å². The van der Waals surface area contributed by atoms with E-state index in [1.807, 2.05) is 0 Å². The van der Waals surface area contributed by atoms with Crippen LogP contribution in [0.25, 0.3) is 0 Å². The summed E-state index contributed by atoms with van der Waals surface area (Å²) in [4.78, 5) is 19.8. The third kappa shape index (κ3) is 9.09. The van der Waals surface area contributed by atoms with E-state index in [0.29, 0.717) is 11.4 Å². The summed E-state index contributed by atoms with van der Waals surface area (Å²) >= 11 is 0. The van der Waals surface area contributed by atoms with Crippen molar-refractivity contribution < 1.29 is 29.3 Å². The average molecular weight is 423 g/mol. The molecule has 0 saturated heterocycles. The molecule has 0 amide bonds. The summed E-state index contributed by atoms with van der Waals surface area (Å²) in [6.45, 7) is 0. The summed E-state index contributed by atoms with van der Waals surface area (Å²) in [5.74, 6) is 0.415. The quantitative estimate of drug-likeness (QED) is 0.287. The van der Waals surface area contributed by atoms with Gasteiger partial charge in [-0.05, 0) is 48.5 Å². The molecule has 2 rings (SSSR count). The number of carboxylic acid groups (broad SMARTS) is 2. The van der Waals surface area contributed by atoms with E-state index >= 15 is 0 Å². The first-order valence-electron chi connectivity index (χ1n) is 5.85. The van der Waals surface area contributed by atoms with E-state index in [1.54, 1.807) is 0 Å². The summed E-state index contributed by atoms with van der Waals surface area (Å²) in [7, 11) is 0. The van der Waals surface area contributed by atoms with E-state index in [4.69, 9.17) is 11.5 Å². The Balaban J connectivity index is 0.000000403. The van der Waals surface area contributed by atoms with Crippen molar-refractivity contribution in [1.29, 1.82) is 0 Å². The Morgan fingerprint density at radius 3 is 1.17 bits per heavy atom. The van der Waals surface area contributed by atoms with Crippen LogP contribution in [0.1, 0.15) is 0 Å². The van der Waals surface area contributed by atoms with Crippen LogP contribution in [0.2, 0.25) is 0 Å². The molecule has 23 heavy (non-hydrogen) atoms. The molecule has 0 atom stereocenters. The molecule has 0 aliphatic rings. The summed E-state index contributed by atoms with van der Waals surface area (Å²) in [6, 6.07) is 12.0. The molecule has 0 spiro atoms. The Labute approximate surface area is 148 Å². The van der Waals surface area contributed by atoms with Crippen LogP contribution in [0.15, 0.2) is 48.5 Å². The van der Waals surface area contributed by atoms with Crippen molar-refractivity contribution in [2.45, 2.75) is 0 Å². The molecule has 0 aliphatic carbocycles. The smallest absolute Gasteiger partial charge is 0.514 e. The molecule has 2 aromatic rings. The van der Waals surface area contributed by atoms with Crippen molar-refractivity contribution >= 4 is 47.6 Å². The fourth-order valence-electron chi connectivity index (χ4n) is 1.26. The number of anilines is 2. The zero-order valence-electron chi connectivity index (χ0n) is 11.7. The topological polar surface area (TPSA) is 151 Å². The number of carbonyl (C=O) groups excluding carboxylic acids is 2. The van der Waals surface area contributed by atoms with Crippen LogP contribution in [-0.2, 0) is 0 Å². The van der Waals surface area contributed by atoms with E-state index in [1.165, 1.54) is 48.5 Å². The maximum atomic E-state index is 9.89. The molecule has 0 saturated carbocycles. The number of hydrogen-bond acceptors (Lipinski definition) is 8. The van der Waals surface area contributed by atoms with E-state index in [2.05, 4.69) is 9.47 Å². The van der Waals surface area contributed by atoms with Crippen molar-refractivity contribution in [3.63, 3.8) is 0 Å². The molecule has 9 heteroatoms. The van der Waals surface area contributed by atoms with Crippen molar-refractivity contribution in [2.75, 3.05) is 11.5 Å². The number of carbonyl (C=O) groups is 2. The molecule has 0 fully saturated rings. The number of nitrogens with two attached hydrogens (primary N) is 2. The van der Waals surface area contributed by atoms with Gasteiger partial charge in [-0.1, -0.05) is 0 Å². The monoisotopic (exact) mass is 424 g/mol. The van der Waals surface area contributed by atoms with Gasteiger partial charge in [-0.3, -0.25) is 0 Å². The Morgan fingerprint density at radius 2 is 0.957 bits per heavy atom. The van der Waals surface area contributed by atoms with E-state index in [-0.39, 0.29) is 35.4 Å². The Morgan fingerprint density at radius 1 is 0.696 bits per heavy atom. The number of ether oxygens (including phenoxy) is 2. The maximum Gasteiger partial charge on any atom is 2.00 e. The van der Waals surface area contributed by atoms with Crippen molar-refractivity contribution in [3.8, 4) is 11.5 Å². The third-order valence-electron chi connectivity index (χ3n) is 2.16. The zero-order valence-corrected chi connectivity index (χ0v) is 14.6. The van der Waals surface area contributed by atoms with Gasteiger partial charge in [0, 0.05) is 11.4 Å².